The molecular formula is C14H20FN3OS. The third-order valence-electron chi connectivity index (χ3n) is 2.83. The monoisotopic (exact) mass is 297 g/mol. The van der Waals surface area contributed by atoms with E-state index in [0.29, 0.717) is 12.1 Å². The molecule has 0 aliphatic heterocycles. The number of thiocarbonyl (C=S) groups is 1. The molecule has 0 aliphatic rings. The van der Waals surface area contributed by atoms with E-state index in [4.69, 9.17) is 18.0 Å². The summed E-state index contributed by atoms with van der Waals surface area (Å²) in [7, 11) is 1.60. The van der Waals surface area contributed by atoms with E-state index in [2.05, 4.69) is 5.32 Å². The first kappa shape index (κ1) is 16.5. The zero-order valence-corrected chi connectivity index (χ0v) is 12.6. The van der Waals surface area contributed by atoms with Crippen LogP contribution in [0.15, 0.2) is 18.2 Å². The topological polar surface area (TPSA) is 58.4 Å². The number of nitrogens with one attached hydrogen (secondary N) is 1. The number of carbonyl (C=O) groups excluding carboxylic acids is 1. The zero-order valence-electron chi connectivity index (χ0n) is 11.8. The minimum Gasteiger partial charge on any atom is -0.389 e. The van der Waals surface area contributed by atoms with Crippen LogP contribution in [0, 0.1) is 5.82 Å². The van der Waals surface area contributed by atoms with Crippen molar-refractivity contribution in [3.63, 3.8) is 0 Å². The molecule has 20 heavy (non-hydrogen) atoms. The van der Waals surface area contributed by atoms with Crippen LogP contribution in [0.1, 0.15) is 24.5 Å². The predicted molar refractivity (Wildman–Crippen MR) is 81.9 cm³/mol. The number of benzene rings is 1. The smallest absolute Gasteiger partial charge is 0.233 e. The van der Waals surface area contributed by atoms with E-state index in [9.17, 15) is 9.18 Å². The summed E-state index contributed by atoms with van der Waals surface area (Å²) in [5, 5.41) is 2.59. The Bertz CT molecular complexity index is 493. The molecule has 0 unspecified atom stereocenters. The van der Waals surface area contributed by atoms with Gasteiger partial charge < -0.3 is 11.1 Å². The zero-order chi connectivity index (χ0) is 15.1. The second kappa shape index (κ2) is 7.91. The van der Waals surface area contributed by atoms with Gasteiger partial charge in [0.05, 0.1) is 6.54 Å². The first-order chi connectivity index (χ1) is 9.46. The van der Waals surface area contributed by atoms with Crippen LogP contribution in [0.4, 0.5) is 4.39 Å². The molecule has 0 radical (unpaired) electrons. The van der Waals surface area contributed by atoms with Crippen LogP contribution in [-0.4, -0.2) is 35.9 Å². The van der Waals surface area contributed by atoms with Crippen LogP contribution < -0.4 is 11.1 Å². The van der Waals surface area contributed by atoms with Gasteiger partial charge in [-0.25, -0.2) is 4.39 Å². The molecule has 1 rings (SSSR count). The second-order valence-electron chi connectivity index (χ2n) is 4.60. The van der Waals surface area contributed by atoms with E-state index in [1.165, 1.54) is 12.1 Å². The predicted octanol–water partition coefficient (Wildman–Crippen LogP) is 1.42. The molecule has 0 aliphatic carbocycles. The molecule has 1 aromatic rings. The van der Waals surface area contributed by atoms with Crippen molar-refractivity contribution in [3.05, 3.63) is 35.1 Å². The third-order valence-corrected chi connectivity index (χ3v) is 3.07. The molecule has 0 saturated carbocycles. The first-order valence-electron chi connectivity index (χ1n) is 6.48. The number of nitrogens with zero attached hydrogens (tertiary/aromatic N) is 1. The van der Waals surface area contributed by atoms with Crippen molar-refractivity contribution >= 4 is 23.1 Å². The fourth-order valence-corrected chi connectivity index (χ4v) is 2.07. The Labute approximate surface area is 124 Å². The summed E-state index contributed by atoms with van der Waals surface area (Å²) in [4.78, 5) is 13.6. The van der Waals surface area contributed by atoms with Crippen molar-refractivity contribution in [1.82, 2.24) is 10.2 Å². The summed E-state index contributed by atoms with van der Waals surface area (Å²) in [5.74, 6) is -0.439. The molecule has 110 valence electrons. The summed E-state index contributed by atoms with van der Waals surface area (Å²) in [6.45, 7) is 3.55. The maximum absolute atomic E-state index is 13.5. The molecule has 4 nitrogen and oxygen atoms in total. The van der Waals surface area contributed by atoms with E-state index in [0.717, 1.165) is 18.5 Å². The van der Waals surface area contributed by atoms with E-state index < -0.39 is 0 Å². The van der Waals surface area contributed by atoms with Crippen molar-refractivity contribution in [1.29, 1.82) is 0 Å². The van der Waals surface area contributed by atoms with Crippen LogP contribution >= 0.6 is 12.2 Å². The fraction of sp³-hybridized carbons (Fsp3) is 0.429. The number of carbonyl (C=O) groups is 1. The normalized spacial score (nSPS) is 10.6. The number of rotatable bonds is 7. The number of hydrogen-bond donors (Lipinski definition) is 2. The van der Waals surface area contributed by atoms with Crippen LogP contribution in [0.5, 0.6) is 0 Å². The summed E-state index contributed by atoms with van der Waals surface area (Å²) in [5.41, 5.74) is 6.79. The van der Waals surface area contributed by atoms with Gasteiger partial charge in [-0.15, -0.1) is 0 Å². The quantitative estimate of drug-likeness (QED) is 0.747. The number of hydrogen-bond acceptors (Lipinski definition) is 3. The molecule has 0 aromatic heterocycles. The summed E-state index contributed by atoms with van der Waals surface area (Å²) >= 11 is 4.87. The molecule has 0 bridgehead atoms. The molecule has 0 saturated heterocycles. The summed E-state index contributed by atoms with van der Waals surface area (Å²) in [6.07, 6.45) is 0.911. The molecule has 6 heteroatoms. The lowest BCUT2D eigenvalue weighted by atomic mass is 10.1. The van der Waals surface area contributed by atoms with Gasteiger partial charge in [-0.05, 0) is 36.7 Å². The summed E-state index contributed by atoms with van der Waals surface area (Å²) in [6, 6.07) is 4.51. The van der Waals surface area contributed by atoms with Crippen LogP contribution in [-0.2, 0) is 11.3 Å². The van der Waals surface area contributed by atoms with Crippen molar-refractivity contribution in [2.24, 2.45) is 5.73 Å². The van der Waals surface area contributed by atoms with Gasteiger partial charge in [0.2, 0.25) is 5.91 Å². The van der Waals surface area contributed by atoms with E-state index >= 15 is 0 Å². The Morgan fingerprint density at radius 1 is 1.45 bits per heavy atom. The molecule has 3 N–H and O–H groups in total. The van der Waals surface area contributed by atoms with Gasteiger partial charge >= 0.3 is 0 Å². The molecule has 0 spiro atoms. The Balaban J connectivity index is 2.87. The maximum atomic E-state index is 13.5. The van der Waals surface area contributed by atoms with Crippen molar-refractivity contribution in [3.8, 4) is 0 Å². The van der Waals surface area contributed by atoms with Crippen LogP contribution in [0.3, 0.4) is 0 Å². The fourth-order valence-electron chi connectivity index (χ4n) is 1.95. The van der Waals surface area contributed by atoms with Crippen LogP contribution in [0.2, 0.25) is 0 Å². The maximum Gasteiger partial charge on any atom is 0.233 e. The highest BCUT2D eigenvalue weighted by atomic mass is 32.1. The van der Waals surface area contributed by atoms with Crippen molar-refractivity contribution in [2.75, 3.05) is 20.1 Å². The van der Waals surface area contributed by atoms with Gasteiger partial charge in [-0.1, -0.05) is 19.1 Å². The Morgan fingerprint density at radius 2 is 2.15 bits per heavy atom. The number of halogens is 1. The Hall–Kier alpha value is -1.53. The van der Waals surface area contributed by atoms with Crippen molar-refractivity contribution in [2.45, 2.75) is 19.9 Å². The lowest BCUT2D eigenvalue weighted by Crippen LogP contribution is -2.35. The number of amides is 1. The highest BCUT2D eigenvalue weighted by Gasteiger charge is 2.11. The minimum absolute atomic E-state index is 0.0653. The minimum atomic E-state index is -0.373. The number of likely N-dealkylation sites (N-methyl/N-ethyl adjacent to an activating group) is 1. The SMILES string of the molecule is CCCN(CC(=O)NC)Cc1cc(F)cc(C(N)=S)c1. The Kier molecular flexibility index (Phi) is 6.54. The first-order valence-corrected chi connectivity index (χ1v) is 6.89. The molecular weight excluding hydrogens is 277 g/mol. The van der Waals surface area contributed by atoms with Gasteiger partial charge in [0.15, 0.2) is 0 Å². The van der Waals surface area contributed by atoms with Gasteiger partial charge in [0, 0.05) is 19.2 Å². The van der Waals surface area contributed by atoms with Gasteiger partial charge in [-0.2, -0.15) is 0 Å². The average molecular weight is 297 g/mol. The Morgan fingerprint density at radius 3 is 2.70 bits per heavy atom. The standard InChI is InChI=1S/C14H20FN3OS/c1-3-4-18(9-13(19)17-2)8-10-5-11(14(16)20)7-12(15)6-10/h5-7H,3-4,8-9H2,1-2H3,(H2,16,20)(H,17,19). The van der Waals surface area contributed by atoms with Gasteiger partial charge in [0.25, 0.3) is 0 Å². The average Bonchev–Trinajstić information content (AvgIpc) is 2.38. The molecule has 1 amide bonds. The molecule has 0 fully saturated rings. The van der Waals surface area contributed by atoms with E-state index in [-0.39, 0.29) is 23.3 Å². The lowest BCUT2D eigenvalue weighted by Gasteiger charge is -2.21. The molecule has 0 heterocycles. The largest absolute Gasteiger partial charge is 0.389 e. The molecule has 1 aromatic carbocycles. The van der Waals surface area contributed by atoms with Crippen LogP contribution in [0.25, 0.3) is 0 Å². The highest BCUT2D eigenvalue weighted by molar-refractivity contribution is 7.80. The highest BCUT2D eigenvalue weighted by Crippen LogP contribution is 2.12. The summed E-state index contributed by atoms with van der Waals surface area (Å²) < 4.78 is 13.5. The third kappa shape index (κ3) is 5.22. The van der Waals surface area contributed by atoms with Crippen molar-refractivity contribution < 1.29 is 9.18 Å². The lowest BCUT2D eigenvalue weighted by molar-refractivity contribution is -0.121. The van der Waals surface area contributed by atoms with E-state index in [1.807, 2.05) is 11.8 Å². The molecule has 0 atom stereocenters. The number of nitrogens with two attached hydrogens (primary N) is 1. The van der Waals surface area contributed by atoms with Gasteiger partial charge in [-0.3, -0.25) is 9.69 Å². The van der Waals surface area contributed by atoms with E-state index in [1.54, 1.807) is 13.1 Å². The second-order valence-corrected chi connectivity index (χ2v) is 5.04. The van der Waals surface area contributed by atoms with Gasteiger partial charge in [0.1, 0.15) is 10.8 Å².